The first-order valence-corrected chi connectivity index (χ1v) is 6.24. The first-order chi connectivity index (χ1) is 8.89. The molecule has 0 aliphatic heterocycles. The molecule has 19 heavy (non-hydrogen) atoms. The van der Waals surface area contributed by atoms with E-state index in [9.17, 15) is 9.59 Å². The molecule has 2 amide bonds. The molecule has 1 heterocycles. The maximum Gasteiger partial charge on any atom is 0.329 e. The van der Waals surface area contributed by atoms with Gasteiger partial charge in [-0.25, -0.2) is 9.59 Å². The molecule has 1 rings (SSSR count). The van der Waals surface area contributed by atoms with Gasteiger partial charge in [0.25, 0.3) is 0 Å². The van der Waals surface area contributed by atoms with Crippen molar-refractivity contribution in [3.8, 4) is 0 Å². The summed E-state index contributed by atoms with van der Waals surface area (Å²) in [5, 5.41) is 14.3. The van der Waals surface area contributed by atoms with Crippen LogP contribution >= 0.6 is 0 Å². The second-order valence-electron chi connectivity index (χ2n) is 4.72. The fraction of sp³-hybridized carbons (Fsp3) is 0.538. The molecule has 2 unspecified atom stereocenters. The van der Waals surface area contributed by atoms with Crippen molar-refractivity contribution in [1.82, 2.24) is 10.6 Å². The average Bonchev–Trinajstić information content (AvgIpc) is 2.81. The summed E-state index contributed by atoms with van der Waals surface area (Å²) >= 11 is 0. The molecule has 0 bridgehead atoms. The van der Waals surface area contributed by atoms with Crippen molar-refractivity contribution in [2.45, 2.75) is 45.2 Å². The molecule has 2 atom stereocenters. The molecule has 0 fully saturated rings. The van der Waals surface area contributed by atoms with Crippen molar-refractivity contribution in [3.05, 3.63) is 24.2 Å². The third-order valence-corrected chi connectivity index (χ3v) is 2.93. The fourth-order valence-corrected chi connectivity index (χ4v) is 1.81. The van der Waals surface area contributed by atoms with Gasteiger partial charge in [0, 0.05) is 0 Å². The number of nitrogens with one attached hydrogen (secondary N) is 2. The van der Waals surface area contributed by atoms with Crippen LogP contribution in [0.2, 0.25) is 0 Å². The summed E-state index contributed by atoms with van der Waals surface area (Å²) in [6.45, 7) is 5.12. The van der Waals surface area contributed by atoms with Crippen LogP contribution in [0.1, 0.15) is 45.4 Å². The van der Waals surface area contributed by atoms with Gasteiger partial charge in [0.15, 0.2) is 0 Å². The van der Waals surface area contributed by atoms with Crippen LogP contribution in [0, 0.1) is 0 Å². The summed E-state index contributed by atoms with van der Waals surface area (Å²) < 4.78 is 5.16. The number of carbonyl (C=O) groups is 2. The van der Waals surface area contributed by atoms with Gasteiger partial charge in [-0.2, -0.15) is 0 Å². The van der Waals surface area contributed by atoms with E-state index in [1.54, 1.807) is 19.1 Å². The summed E-state index contributed by atoms with van der Waals surface area (Å²) in [6.07, 6.45) is 2.55. The first-order valence-electron chi connectivity index (χ1n) is 6.24. The number of hydrogen-bond donors (Lipinski definition) is 3. The zero-order chi connectivity index (χ0) is 14.5. The molecule has 0 radical (unpaired) electrons. The summed E-state index contributed by atoms with van der Waals surface area (Å²) in [5.41, 5.74) is -1.26. The van der Waals surface area contributed by atoms with Gasteiger partial charge in [0.2, 0.25) is 0 Å². The highest BCUT2D eigenvalue weighted by Crippen LogP contribution is 2.14. The molecular weight excluding hydrogens is 248 g/mol. The monoisotopic (exact) mass is 268 g/mol. The summed E-state index contributed by atoms with van der Waals surface area (Å²) in [5.74, 6) is -0.433. The lowest BCUT2D eigenvalue weighted by Gasteiger charge is -2.26. The van der Waals surface area contributed by atoms with E-state index in [1.807, 2.05) is 6.92 Å². The second-order valence-corrected chi connectivity index (χ2v) is 4.72. The number of furan rings is 1. The smallest absolute Gasteiger partial charge is 0.329 e. The lowest BCUT2D eigenvalue weighted by atomic mass is 9.96. The SMILES string of the molecule is CCCC(C)(NC(=O)NC(C)c1ccco1)C(=O)O. The number of aliphatic carboxylic acids is 1. The van der Waals surface area contributed by atoms with Crippen LogP contribution in [0.3, 0.4) is 0 Å². The van der Waals surface area contributed by atoms with Crippen molar-refractivity contribution >= 4 is 12.0 Å². The summed E-state index contributed by atoms with van der Waals surface area (Å²) in [4.78, 5) is 23.0. The number of carboxylic acids is 1. The van der Waals surface area contributed by atoms with Gasteiger partial charge >= 0.3 is 12.0 Å². The van der Waals surface area contributed by atoms with Crippen molar-refractivity contribution in [3.63, 3.8) is 0 Å². The predicted molar refractivity (Wildman–Crippen MR) is 69.7 cm³/mol. The minimum absolute atomic E-state index is 0.324. The van der Waals surface area contributed by atoms with E-state index in [-0.39, 0.29) is 6.04 Å². The molecule has 106 valence electrons. The van der Waals surface area contributed by atoms with Crippen LogP contribution in [0.5, 0.6) is 0 Å². The van der Waals surface area contributed by atoms with Gasteiger partial charge in [0.05, 0.1) is 12.3 Å². The molecule has 0 aliphatic carbocycles. The average molecular weight is 268 g/mol. The van der Waals surface area contributed by atoms with Gasteiger partial charge in [0.1, 0.15) is 11.3 Å². The molecule has 6 heteroatoms. The lowest BCUT2D eigenvalue weighted by molar-refractivity contribution is -0.144. The number of carbonyl (C=O) groups excluding carboxylic acids is 1. The Morgan fingerprint density at radius 2 is 2.21 bits per heavy atom. The van der Waals surface area contributed by atoms with Crippen LogP contribution in [0.4, 0.5) is 4.79 Å². The van der Waals surface area contributed by atoms with E-state index in [0.717, 1.165) is 0 Å². The van der Waals surface area contributed by atoms with Crippen molar-refractivity contribution in [2.75, 3.05) is 0 Å². The van der Waals surface area contributed by atoms with Crippen LogP contribution in [0.15, 0.2) is 22.8 Å². The molecule has 0 aliphatic rings. The molecule has 0 saturated carbocycles. The van der Waals surface area contributed by atoms with Gasteiger partial charge in [-0.1, -0.05) is 13.3 Å². The van der Waals surface area contributed by atoms with Crippen LogP contribution in [-0.4, -0.2) is 22.6 Å². The summed E-state index contributed by atoms with van der Waals surface area (Å²) in [7, 11) is 0. The number of rotatable bonds is 6. The maximum absolute atomic E-state index is 11.8. The minimum atomic E-state index is -1.26. The van der Waals surface area contributed by atoms with Crippen LogP contribution in [0.25, 0.3) is 0 Å². The Morgan fingerprint density at radius 3 is 2.68 bits per heavy atom. The number of hydrogen-bond acceptors (Lipinski definition) is 3. The molecule has 0 saturated heterocycles. The number of urea groups is 1. The molecule has 1 aromatic heterocycles. The second kappa shape index (κ2) is 6.26. The Balaban J connectivity index is 2.61. The quantitative estimate of drug-likeness (QED) is 0.738. The van der Waals surface area contributed by atoms with Crippen LogP contribution in [-0.2, 0) is 4.79 Å². The summed E-state index contributed by atoms with van der Waals surface area (Å²) in [6, 6.07) is 2.62. The Hall–Kier alpha value is -1.98. The van der Waals surface area contributed by atoms with Gasteiger partial charge in [-0.3, -0.25) is 0 Å². The molecule has 1 aromatic rings. The van der Waals surface area contributed by atoms with Crippen molar-refractivity contribution in [2.24, 2.45) is 0 Å². The zero-order valence-corrected chi connectivity index (χ0v) is 11.4. The van der Waals surface area contributed by atoms with E-state index in [4.69, 9.17) is 9.52 Å². The molecule has 3 N–H and O–H groups in total. The normalized spacial score (nSPS) is 15.3. The number of carboxylic acid groups (broad SMARTS) is 1. The van der Waals surface area contributed by atoms with E-state index < -0.39 is 17.5 Å². The van der Waals surface area contributed by atoms with E-state index in [0.29, 0.717) is 18.6 Å². The highest BCUT2D eigenvalue weighted by molar-refractivity contribution is 5.85. The number of amides is 2. The Labute approximate surface area is 112 Å². The van der Waals surface area contributed by atoms with Crippen molar-refractivity contribution < 1.29 is 19.1 Å². The predicted octanol–water partition coefficient (Wildman–Crippen LogP) is 2.28. The van der Waals surface area contributed by atoms with E-state index in [1.165, 1.54) is 13.2 Å². The topological polar surface area (TPSA) is 91.6 Å². The lowest BCUT2D eigenvalue weighted by Crippen LogP contribution is -2.55. The van der Waals surface area contributed by atoms with Crippen molar-refractivity contribution in [1.29, 1.82) is 0 Å². The Bertz CT molecular complexity index is 430. The fourth-order valence-electron chi connectivity index (χ4n) is 1.81. The molecule has 0 spiro atoms. The third kappa shape index (κ3) is 4.01. The maximum atomic E-state index is 11.8. The standard InChI is InChI=1S/C13H20N2O4/c1-4-7-13(3,11(16)17)15-12(18)14-9(2)10-6-5-8-19-10/h5-6,8-9H,4,7H2,1-3H3,(H,16,17)(H2,14,15,18). The molecule has 6 nitrogen and oxygen atoms in total. The van der Waals surface area contributed by atoms with Gasteiger partial charge in [-0.05, 0) is 32.4 Å². The van der Waals surface area contributed by atoms with Gasteiger partial charge in [-0.15, -0.1) is 0 Å². The zero-order valence-electron chi connectivity index (χ0n) is 11.4. The highest BCUT2D eigenvalue weighted by atomic mass is 16.4. The Morgan fingerprint density at radius 1 is 1.53 bits per heavy atom. The van der Waals surface area contributed by atoms with Gasteiger partial charge < -0.3 is 20.2 Å². The first kappa shape index (κ1) is 15.1. The van der Waals surface area contributed by atoms with E-state index in [2.05, 4.69) is 10.6 Å². The highest BCUT2D eigenvalue weighted by Gasteiger charge is 2.34. The third-order valence-electron chi connectivity index (χ3n) is 2.93. The molecule has 0 aromatic carbocycles. The molecular formula is C13H20N2O4. The largest absolute Gasteiger partial charge is 0.480 e. The Kier molecular flexibility index (Phi) is 4.97. The van der Waals surface area contributed by atoms with E-state index >= 15 is 0 Å². The van der Waals surface area contributed by atoms with Crippen LogP contribution < -0.4 is 10.6 Å². The minimum Gasteiger partial charge on any atom is -0.480 e.